The van der Waals surface area contributed by atoms with Crippen molar-refractivity contribution in [3.63, 3.8) is 0 Å². The molecule has 0 saturated heterocycles. The van der Waals surface area contributed by atoms with Gasteiger partial charge in [-0.05, 0) is 12.1 Å². The molecule has 2 N–H and O–H groups in total. The van der Waals surface area contributed by atoms with Crippen molar-refractivity contribution in [3.05, 3.63) is 42.0 Å². The van der Waals surface area contributed by atoms with E-state index in [1.807, 2.05) is 18.2 Å². The molecule has 0 aliphatic rings. The van der Waals surface area contributed by atoms with Gasteiger partial charge in [0.05, 0.1) is 5.69 Å². The third-order valence-corrected chi connectivity index (χ3v) is 1.66. The van der Waals surface area contributed by atoms with Gasteiger partial charge in [0.25, 0.3) is 6.01 Å². The highest BCUT2D eigenvalue weighted by atomic mass is 16.4. The molecule has 0 atom stereocenters. The van der Waals surface area contributed by atoms with Gasteiger partial charge in [-0.1, -0.05) is 6.07 Å². The van der Waals surface area contributed by atoms with Crippen molar-refractivity contribution in [1.82, 2.24) is 9.97 Å². The van der Waals surface area contributed by atoms with Crippen molar-refractivity contribution in [1.29, 1.82) is 0 Å². The topological polar surface area (TPSA) is 64.9 Å². The number of pyridine rings is 1. The second-order valence-electron chi connectivity index (χ2n) is 2.67. The van der Waals surface area contributed by atoms with Gasteiger partial charge < -0.3 is 10.2 Å². The molecule has 0 bridgehead atoms. The molecule has 0 aliphatic heterocycles. The maximum atomic E-state index is 5.33. The second kappa shape index (κ2) is 3.26. The summed E-state index contributed by atoms with van der Waals surface area (Å²) in [5.41, 5.74) is 7.09. The molecule has 2 aromatic heterocycles. The fourth-order valence-electron chi connectivity index (χ4n) is 1.09. The summed E-state index contributed by atoms with van der Waals surface area (Å²) >= 11 is 0. The number of anilines is 1. The van der Waals surface area contributed by atoms with Crippen molar-refractivity contribution in [3.8, 4) is 0 Å². The Morgan fingerprint density at radius 3 is 2.85 bits per heavy atom. The Bertz CT molecular complexity index is 383. The molecule has 0 saturated carbocycles. The van der Waals surface area contributed by atoms with Gasteiger partial charge in [0.15, 0.2) is 0 Å². The molecule has 2 heterocycles. The standard InChI is InChI=1S/C9H9N3O/c10-9-12-8(6-13-9)5-7-3-1-2-4-11-7/h1-4,6H,5H2,(H2,10,12). The zero-order valence-corrected chi connectivity index (χ0v) is 6.97. The van der Waals surface area contributed by atoms with Crippen LogP contribution in [0.4, 0.5) is 6.01 Å². The van der Waals surface area contributed by atoms with Gasteiger partial charge in [-0.25, -0.2) is 0 Å². The van der Waals surface area contributed by atoms with Gasteiger partial charge in [0.1, 0.15) is 6.26 Å². The lowest BCUT2D eigenvalue weighted by molar-refractivity contribution is 0.578. The molecule has 0 amide bonds. The van der Waals surface area contributed by atoms with Crippen molar-refractivity contribution in [2.75, 3.05) is 5.73 Å². The molecule has 0 radical (unpaired) electrons. The van der Waals surface area contributed by atoms with Crippen LogP contribution in [-0.4, -0.2) is 9.97 Å². The molecule has 0 unspecified atom stereocenters. The monoisotopic (exact) mass is 175 g/mol. The first-order chi connectivity index (χ1) is 6.34. The molecule has 13 heavy (non-hydrogen) atoms. The summed E-state index contributed by atoms with van der Waals surface area (Å²) in [6.07, 6.45) is 3.95. The number of hydrogen-bond acceptors (Lipinski definition) is 4. The average molecular weight is 175 g/mol. The lowest BCUT2D eigenvalue weighted by Crippen LogP contribution is -1.92. The minimum absolute atomic E-state index is 0.200. The summed E-state index contributed by atoms with van der Waals surface area (Å²) in [5, 5.41) is 0. The highest BCUT2D eigenvalue weighted by Crippen LogP contribution is 2.07. The van der Waals surface area contributed by atoms with Gasteiger partial charge in [-0.15, -0.1) is 0 Å². The molecular weight excluding hydrogens is 166 g/mol. The SMILES string of the molecule is Nc1nc(Cc2ccccn2)co1. The molecule has 0 spiro atoms. The Balaban J connectivity index is 2.15. The van der Waals surface area contributed by atoms with Gasteiger partial charge in [0.2, 0.25) is 0 Å². The number of nitrogens with two attached hydrogens (primary N) is 1. The van der Waals surface area contributed by atoms with Crippen LogP contribution in [-0.2, 0) is 6.42 Å². The maximum Gasteiger partial charge on any atom is 0.292 e. The van der Waals surface area contributed by atoms with E-state index in [2.05, 4.69) is 9.97 Å². The number of oxazole rings is 1. The zero-order valence-electron chi connectivity index (χ0n) is 6.97. The average Bonchev–Trinajstić information content (AvgIpc) is 2.53. The first-order valence-corrected chi connectivity index (χ1v) is 3.94. The molecular formula is C9H9N3O. The second-order valence-corrected chi connectivity index (χ2v) is 2.67. The fourth-order valence-corrected chi connectivity index (χ4v) is 1.09. The quantitative estimate of drug-likeness (QED) is 0.745. The predicted octanol–water partition coefficient (Wildman–Crippen LogP) is 1.24. The van der Waals surface area contributed by atoms with E-state index < -0.39 is 0 Å². The highest BCUT2D eigenvalue weighted by molar-refractivity contribution is 5.17. The van der Waals surface area contributed by atoms with Gasteiger partial charge in [-0.3, -0.25) is 4.98 Å². The van der Waals surface area contributed by atoms with Gasteiger partial charge in [-0.2, -0.15) is 4.98 Å². The Labute approximate surface area is 75.4 Å². The van der Waals surface area contributed by atoms with Crippen molar-refractivity contribution in [2.24, 2.45) is 0 Å². The Kier molecular flexibility index (Phi) is 1.96. The Morgan fingerprint density at radius 2 is 2.23 bits per heavy atom. The summed E-state index contributed by atoms with van der Waals surface area (Å²) in [4.78, 5) is 8.14. The predicted molar refractivity (Wildman–Crippen MR) is 48.0 cm³/mol. The highest BCUT2D eigenvalue weighted by Gasteiger charge is 2.01. The molecule has 66 valence electrons. The normalized spacial score (nSPS) is 10.2. The number of hydrogen-bond donors (Lipinski definition) is 1. The van der Waals surface area contributed by atoms with Gasteiger partial charge >= 0.3 is 0 Å². The lowest BCUT2D eigenvalue weighted by atomic mass is 10.2. The van der Waals surface area contributed by atoms with E-state index >= 15 is 0 Å². The largest absolute Gasteiger partial charge is 0.432 e. The third-order valence-electron chi connectivity index (χ3n) is 1.66. The van der Waals surface area contributed by atoms with Gasteiger partial charge in [0, 0.05) is 18.3 Å². The third kappa shape index (κ3) is 1.84. The van der Waals surface area contributed by atoms with Crippen LogP contribution in [0, 0.1) is 0 Å². The van der Waals surface area contributed by atoms with E-state index in [1.54, 1.807) is 12.5 Å². The number of nitrogen functional groups attached to an aromatic ring is 1. The first kappa shape index (κ1) is 7.79. The number of nitrogens with zero attached hydrogens (tertiary/aromatic N) is 2. The molecule has 0 fully saturated rings. The van der Waals surface area contributed by atoms with Crippen molar-refractivity contribution >= 4 is 6.01 Å². The summed E-state index contributed by atoms with van der Waals surface area (Å²) < 4.78 is 4.88. The van der Waals surface area contributed by atoms with Crippen LogP contribution < -0.4 is 5.73 Å². The van der Waals surface area contributed by atoms with Crippen LogP contribution in [0.1, 0.15) is 11.4 Å². The van der Waals surface area contributed by atoms with E-state index in [9.17, 15) is 0 Å². The fraction of sp³-hybridized carbons (Fsp3) is 0.111. The molecule has 2 rings (SSSR count). The Morgan fingerprint density at radius 1 is 1.31 bits per heavy atom. The van der Waals surface area contributed by atoms with Crippen LogP contribution in [0.15, 0.2) is 35.1 Å². The summed E-state index contributed by atoms with van der Waals surface area (Å²) in [6.45, 7) is 0. The number of rotatable bonds is 2. The van der Waals surface area contributed by atoms with Crippen molar-refractivity contribution in [2.45, 2.75) is 6.42 Å². The van der Waals surface area contributed by atoms with E-state index in [4.69, 9.17) is 10.2 Å². The van der Waals surface area contributed by atoms with Crippen LogP contribution >= 0.6 is 0 Å². The number of aromatic nitrogens is 2. The van der Waals surface area contributed by atoms with E-state index in [-0.39, 0.29) is 6.01 Å². The summed E-state index contributed by atoms with van der Waals surface area (Å²) in [6, 6.07) is 5.95. The lowest BCUT2D eigenvalue weighted by Gasteiger charge is -1.93. The minimum atomic E-state index is 0.200. The van der Waals surface area contributed by atoms with E-state index in [1.165, 1.54) is 0 Å². The molecule has 4 nitrogen and oxygen atoms in total. The van der Waals surface area contributed by atoms with Crippen molar-refractivity contribution < 1.29 is 4.42 Å². The Hall–Kier alpha value is -1.84. The minimum Gasteiger partial charge on any atom is -0.432 e. The molecule has 0 aliphatic carbocycles. The van der Waals surface area contributed by atoms with E-state index in [0.29, 0.717) is 6.42 Å². The maximum absolute atomic E-state index is 5.33. The summed E-state index contributed by atoms with van der Waals surface area (Å²) in [7, 11) is 0. The van der Waals surface area contributed by atoms with E-state index in [0.717, 1.165) is 11.4 Å². The zero-order chi connectivity index (χ0) is 9.10. The molecule has 0 aromatic carbocycles. The molecule has 2 aromatic rings. The molecule has 4 heteroatoms. The first-order valence-electron chi connectivity index (χ1n) is 3.94. The van der Waals surface area contributed by atoms with Crippen LogP contribution in [0.2, 0.25) is 0 Å². The smallest absolute Gasteiger partial charge is 0.292 e. The van der Waals surface area contributed by atoms with Crippen LogP contribution in [0.3, 0.4) is 0 Å². The van der Waals surface area contributed by atoms with Crippen LogP contribution in [0.25, 0.3) is 0 Å². The van der Waals surface area contributed by atoms with Crippen LogP contribution in [0.5, 0.6) is 0 Å². The summed E-state index contributed by atoms with van der Waals surface area (Å²) in [5.74, 6) is 0.